The van der Waals surface area contributed by atoms with E-state index in [9.17, 15) is 9.59 Å². The van der Waals surface area contributed by atoms with Crippen molar-refractivity contribution in [3.05, 3.63) is 18.5 Å². The fourth-order valence-corrected chi connectivity index (χ4v) is 3.08. The van der Waals surface area contributed by atoms with Gasteiger partial charge in [0, 0.05) is 12.6 Å². The Bertz CT molecular complexity index is 521. The molecule has 3 rings (SSSR count). The van der Waals surface area contributed by atoms with Crippen molar-refractivity contribution in [3.8, 4) is 0 Å². The third-order valence-electron chi connectivity index (χ3n) is 4.03. The van der Waals surface area contributed by atoms with Gasteiger partial charge in [0.25, 0.3) is 0 Å². The SMILES string of the molecule is Nc1cnccc1N1C(=O)CC2(CCCC2)C1=O. The van der Waals surface area contributed by atoms with Crippen LogP contribution in [0.4, 0.5) is 11.4 Å². The van der Waals surface area contributed by atoms with E-state index >= 15 is 0 Å². The predicted octanol–water partition coefficient (Wildman–Crippen LogP) is 1.49. The van der Waals surface area contributed by atoms with Crippen LogP contribution in [0, 0.1) is 5.41 Å². The highest BCUT2D eigenvalue weighted by atomic mass is 16.2. The molecule has 0 bridgehead atoms. The number of aromatic nitrogens is 1. The predicted molar refractivity (Wildman–Crippen MR) is 66.7 cm³/mol. The molecule has 1 aromatic heterocycles. The van der Waals surface area contributed by atoms with Crippen LogP contribution >= 0.6 is 0 Å². The van der Waals surface area contributed by atoms with Crippen molar-refractivity contribution < 1.29 is 9.59 Å². The van der Waals surface area contributed by atoms with Crippen molar-refractivity contribution in [1.82, 2.24) is 4.98 Å². The van der Waals surface area contributed by atoms with Crippen molar-refractivity contribution in [2.24, 2.45) is 5.41 Å². The molecule has 2 N–H and O–H groups in total. The fourth-order valence-electron chi connectivity index (χ4n) is 3.08. The van der Waals surface area contributed by atoms with Crippen molar-refractivity contribution in [1.29, 1.82) is 0 Å². The number of carbonyl (C=O) groups excluding carboxylic acids is 2. The summed E-state index contributed by atoms with van der Waals surface area (Å²) in [7, 11) is 0. The van der Waals surface area contributed by atoms with Crippen LogP contribution in [-0.2, 0) is 9.59 Å². The number of carbonyl (C=O) groups is 2. The molecule has 1 saturated carbocycles. The van der Waals surface area contributed by atoms with Gasteiger partial charge in [-0.15, -0.1) is 0 Å². The van der Waals surface area contributed by atoms with Crippen molar-refractivity contribution in [2.45, 2.75) is 32.1 Å². The van der Waals surface area contributed by atoms with Gasteiger partial charge in [-0.2, -0.15) is 0 Å². The summed E-state index contributed by atoms with van der Waals surface area (Å²) in [6, 6.07) is 1.62. The third-order valence-corrected chi connectivity index (χ3v) is 4.03. The number of hydrogen-bond donors (Lipinski definition) is 1. The van der Waals surface area contributed by atoms with Crippen molar-refractivity contribution in [3.63, 3.8) is 0 Å². The second kappa shape index (κ2) is 3.80. The van der Waals surface area contributed by atoms with Gasteiger partial charge in [-0.3, -0.25) is 14.6 Å². The Morgan fingerprint density at radius 2 is 2.00 bits per heavy atom. The van der Waals surface area contributed by atoms with Gasteiger partial charge in [-0.1, -0.05) is 12.8 Å². The average Bonchev–Trinajstić information content (AvgIpc) is 2.89. The molecule has 1 saturated heterocycles. The number of hydrogen-bond acceptors (Lipinski definition) is 4. The zero-order valence-corrected chi connectivity index (χ0v) is 10.1. The van der Waals surface area contributed by atoms with Gasteiger partial charge in [0.15, 0.2) is 0 Å². The Hall–Kier alpha value is -1.91. The topological polar surface area (TPSA) is 76.3 Å². The Morgan fingerprint density at radius 1 is 1.28 bits per heavy atom. The molecule has 0 radical (unpaired) electrons. The molecule has 2 amide bonds. The highest BCUT2D eigenvalue weighted by molar-refractivity contribution is 6.23. The lowest BCUT2D eigenvalue weighted by Crippen LogP contribution is -2.34. The Kier molecular flexibility index (Phi) is 2.36. The standard InChI is InChI=1S/C13H15N3O2/c14-9-8-15-6-3-10(9)16-11(17)7-13(12(16)18)4-1-2-5-13/h3,6,8H,1-2,4-5,7,14H2. The summed E-state index contributed by atoms with van der Waals surface area (Å²) < 4.78 is 0. The van der Waals surface area contributed by atoms with Gasteiger partial charge in [-0.25, -0.2) is 4.90 Å². The minimum absolute atomic E-state index is 0.0806. The van der Waals surface area contributed by atoms with E-state index in [0.29, 0.717) is 17.8 Å². The molecule has 2 fully saturated rings. The number of nitrogens with zero attached hydrogens (tertiary/aromatic N) is 2. The maximum absolute atomic E-state index is 12.5. The van der Waals surface area contributed by atoms with Crippen LogP contribution < -0.4 is 10.6 Å². The number of anilines is 2. The third kappa shape index (κ3) is 1.43. The van der Waals surface area contributed by atoms with E-state index in [1.165, 1.54) is 11.1 Å². The molecule has 2 heterocycles. The van der Waals surface area contributed by atoms with E-state index in [0.717, 1.165) is 25.7 Å². The molecule has 2 aliphatic rings. The van der Waals surface area contributed by atoms with Gasteiger partial charge >= 0.3 is 0 Å². The summed E-state index contributed by atoms with van der Waals surface area (Å²) in [5.41, 5.74) is 6.20. The maximum Gasteiger partial charge on any atom is 0.240 e. The van der Waals surface area contributed by atoms with Crippen molar-refractivity contribution >= 4 is 23.2 Å². The molecule has 18 heavy (non-hydrogen) atoms. The Balaban J connectivity index is 2.01. The van der Waals surface area contributed by atoms with E-state index < -0.39 is 5.41 Å². The lowest BCUT2D eigenvalue weighted by molar-refractivity contribution is -0.125. The second-order valence-electron chi connectivity index (χ2n) is 5.13. The first-order chi connectivity index (χ1) is 8.64. The molecular weight excluding hydrogens is 230 g/mol. The summed E-state index contributed by atoms with van der Waals surface area (Å²) in [4.78, 5) is 29.8. The van der Waals surface area contributed by atoms with Gasteiger partial charge in [0.2, 0.25) is 11.8 Å². The van der Waals surface area contributed by atoms with Crippen LogP contribution in [-0.4, -0.2) is 16.8 Å². The van der Waals surface area contributed by atoms with E-state index in [-0.39, 0.29) is 11.8 Å². The molecule has 94 valence electrons. The fraction of sp³-hybridized carbons (Fsp3) is 0.462. The lowest BCUT2D eigenvalue weighted by atomic mass is 9.84. The molecule has 0 unspecified atom stereocenters. The van der Waals surface area contributed by atoms with Gasteiger partial charge in [0.1, 0.15) is 0 Å². The summed E-state index contributed by atoms with van der Waals surface area (Å²) in [6.07, 6.45) is 7.03. The molecule has 5 heteroatoms. The molecular formula is C13H15N3O2. The van der Waals surface area contributed by atoms with Crippen LogP contribution in [0.3, 0.4) is 0 Å². The van der Waals surface area contributed by atoms with Gasteiger partial charge in [-0.05, 0) is 18.9 Å². The molecule has 1 aliphatic carbocycles. The zero-order chi connectivity index (χ0) is 12.8. The first-order valence-electron chi connectivity index (χ1n) is 6.21. The van der Waals surface area contributed by atoms with Crippen LogP contribution in [0.5, 0.6) is 0 Å². The van der Waals surface area contributed by atoms with Crippen LogP contribution in [0.15, 0.2) is 18.5 Å². The minimum atomic E-state index is -0.452. The quantitative estimate of drug-likeness (QED) is 0.760. The zero-order valence-electron chi connectivity index (χ0n) is 10.1. The molecule has 1 spiro atoms. The second-order valence-corrected chi connectivity index (χ2v) is 5.13. The Labute approximate surface area is 105 Å². The van der Waals surface area contributed by atoms with Crippen LogP contribution in [0.25, 0.3) is 0 Å². The molecule has 1 aromatic rings. The molecule has 0 atom stereocenters. The highest BCUT2D eigenvalue weighted by Crippen LogP contribution is 2.48. The molecule has 0 aromatic carbocycles. The highest BCUT2D eigenvalue weighted by Gasteiger charge is 2.53. The summed E-state index contributed by atoms with van der Waals surface area (Å²) >= 11 is 0. The van der Waals surface area contributed by atoms with E-state index in [4.69, 9.17) is 5.73 Å². The summed E-state index contributed by atoms with van der Waals surface area (Å²) in [5, 5.41) is 0. The Morgan fingerprint density at radius 3 is 2.67 bits per heavy atom. The minimum Gasteiger partial charge on any atom is -0.396 e. The molecule has 1 aliphatic heterocycles. The number of nitrogens with two attached hydrogens (primary N) is 1. The van der Waals surface area contributed by atoms with E-state index in [2.05, 4.69) is 4.98 Å². The largest absolute Gasteiger partial charge is 0.396 e. The summed E-state index contributed by atoms with van der Waals surface area (Å²) in [5.74, 6) is -0.220. The van der Waals surface area contributed by atoms with Gasteiger partial charge in [0.05, 0.1) is 23.0 Å². The maximum atomic E-state index is 12.5. The van der Waals surface area contributed by atoms with E-state index in [1.807, 2.05) is 0 Å². The first-order valence-corrected chi connectivity index (χ1v) is 6.21. The van der Waals surface area contributed by atoms with Gasteiger partial charge < -0.3 is 5.73 Å². The number of pyridine rings is 1. The van der Waals surface area contributed by atoms with Crippen molar-refractivity contribution in [2.75, 3.05) is 10.6 Å². The number of amides is 2. The number of rotatable bonds is 1. The average molecular weight is 245 g/mol. The molecule has 5 nitrogen and oxygen atoms in total. The first kappa shape index (κ1) is 11.2. The smallest absolute Gasteiger partial charge is 0.240 e. The normalized spacial score (nSPS) is 22.1. The van der Waals surface area contributed by atoms with E-state index in [1.54, 1.807) is 12.3 Å². The summed E-state index contributed by atoms with van der Waals surface area (Å²) in [6.45, 7) is 0. The lowest BCUT2D eigenvalue weighted by Gasteiger charge is -2.21. The van der Waals surface area contributed by atoms with Crippen LogP contribution in [0.2, 0.25) is 0 Å². The number of nitrogen functional groups attached to an aromatic ring is 1. The number of imide groups is 1. The van der Waals surface area contributed by atoms with Crippen LogP contribution in [0.1, 0.15) is 32.1 Å². The monoisotopic (exact) mass is 245 g/mol.